The minimum atomic E-state index is -0.456. The lowest BCUT2D eigenvalue weighted by Crippen LogP contribution is -2.28. The van der Waals surface area contributed by atoms with Crippen LogP contribution in [0.25, 0.3) is 71.9 Å². The molecule has 0 aliphatic heterocycles. The topological polar surface area (TPSA) is 34.0 Å². The van der Waals surface area contributed by atoms with E-state index in [1.165, 1.54) is 72.5 Å². The number of aromatic nitrogens is 3. The number of hydrogen-bond donors (Lipinski definition) is 0. The van der Waals surface area contributed by atoms with Gasteiger partial charge in [0.2, 0.25) is 0 Å². The largest absolute Gasteiger partial charge is 0.309 e. The Morgan fingerprint density at radius 3 is 1.61 bits per heavy atom. The minimum Gasteiger partial charge on any atom is -0.309 e. The fourth-order valence-electron chi connectivity index (χ4n) is 10.7. The third kappa shape index (κ3) is 5.84. The second-order valence-corrected chi connectivity index (χ2v) is 17.5. The van der Waals surface area contributed by atoms with Gasteiger partial charge in [0.05, 0.1) is 33.9 Å². The van der Waals surface area contributed by atoms with Crippen LogP contribution >= 0.6 is 11.7 Å². The Labute approximate surface area is 387 Å². The number of nitrogens with zero attached hydrogens (tertiary/aromatic N) is 4. The molecule has 0 radical (unpaired) electrons. The van der Waals surface area contributed by atoms with Crippen molar-refractivity contribution >= 4 is 61.6 Å². The highest BCUT2D eigenvalue weighted by Gasteiger charge is 2.45. The summed E-state index contributed by atoms with van der Waals surface area (Å²) in [6.07, 6.45) is 0. The monoisotopic (exact) mass is 860 g/mol. The van der Waals surface area contributed by atoms with Gasteiger partial charge in [0.25, 0.3) is 0 Å². The molecule has 2 aromatic heterocycles. The first-order chi connectivity index (χ1) is 32.8. The Kier molecular flexibility index (Phi) is 8.90. The molecule has 12 aromatic rings. The van der Waals surface area contributed by atoms with Crippen LogP contribution in [0, 0.1) is 0 Å². The SMILES string of the molecule is c1ccc(N(c2ccc(-c3cccc(C4(c5ccccc5)c5ccccc5-c5ccccc54)c3)cc2)c2ccc(-c3ccc(-n4c5ccccc5c5ccccc54)cc3)c3nsnc23)cc1. The number of anilines is 3. The van der Waals surface area contributed by atoms with Gasteiger partial charge in [0.1, 0.15) is 11.0 Å². The predicted molar refractivity (Wildman–Crippen MR) is 275 cm³/mol. The smallest absolute Gasteiger partial charge is 0.129 e. The summed E-state index contributed by atoms with van der Waals surface area (Å²) in [7, 11) is 0. The van der Waals surface area contributed by atoms with Gasteiger partial charge >= 0.3 is 0 Å². The molecule has 0 fully saturated rings. The van der Waals surface area contributed by atoms with Gasteiger partial charge in [-0.05, 0) is 117 Å². The third-order valence-corrected chi connectivity index (χ3v) is 14.1. The van der Waals surface area contributed by atoms with E-state index in [0.29, 0.717) is 0 Å². The van der Waals surface area contributed by atoms with Crippen LogP contribution in [0.4, 0.5) is 17.1 Å². The van der Waals surface area contributed by atoms with Crippen molar-refractivity contribution in [1.82, 2.24) is 13.3 Å². The molecule has 0 N–H and O–H groups in total. The average Bonchev–Trinajstić information content (AvgIpc) is 4.10. The Morgan fingerprint density at radius 2 is 0.924 bits per heavy atom. The van der Waals surface area contributed by atoms with Gasteiger partial charge in [-0.2, -0.15) is 8.75 Å². The molecule has 4 nitrogen and oxygen atoms in total. The summed E-state index contributed by atoms with van der Waals surface area (Å²) in [5.74, 6) is 0. The molecular formula is C61H40N4S. The zero-order valence-corrected chi connectivity index (χ0v) is 36.6. The highest BCUT2D eigenvalue weighted by atomic mass is 32.1. The van der Waals surface area contributed by atoms with Crippen LogP contribution in [0.5, 0.6) is 0 Å². The van der Waals surface area contributed by atoms with Gasteiger partial charge in [-0.1, -0.05) is 176 Å². The molecule has 0 atom stereocenters. The summed E-state index contributed by atoms with van der Waals surface area (Å²) in [5, 5.41) is 2.51. The van der Waals surface area contributed by atoms with Crippen molar-refractivity contribution in [3.8, 4) is 39.1 Å². The van der Waals surface area contributed by atoms with Crippen molar-refractivity contribution in [2.45, 2.75) is 5.41 Å². The summed E-state index contributed by atoms with van der Waals surface area (Å²) in [6.45, 7) is 0. The Hall–Kier alpha value is -8.38. The van der Waals surface area contributed by atoms with E-state index in [1.807, 2.05) is 0 Å². The van der Waals surface area contributed by atoms with Crippen LogP contribution in [-0.2, 0) is 5.41 Å². The maximum Gasteiger partial charge on any atom is 0.129 e. The lowest BCUT2D eigenvalue weighted by atomic mass is 9.67. The molecule has 0 bridgehead atoms. The molecule has 310 valence electrons. The number of benzene rings is 10. The summed E-state index contributed by atoms with van der Waals surface area (Å²) in [5.41, 5.74) is 20.1. The lowest BCUT2D eigenvalue weighted by molar-refractivity contribution is 0.769. The standard InChI is InChI=1S/C61H40N4S/c1-3-17-44(18-4-1)61(54-26-11-7-22-50(54)51-23-8-12-27-55(51)61)45-19-15-16-43(40-45)41-30-34-47(35-31-41)64(46-20-5-2-6-21-46)58-39-38-49(59-60(58)63-66-62-59)42-32-36-48(37-33-42)65-56-28-13-9-24-52(56)53-25-10-14-29-57(53)65/h1-40H. The molecular weight excluding hydrogens is 821 g/mol. The number of fused-ring (bicyclic) bond motifs is 7. The van der Waals surface area contributed by atoms with E-state index < -0.39 is 5.41 Å². The van der Waals surface area contributed by atoms with Gasteiger partial charge in [0.15, 0.2) is 0 Å². The van der Waals surface area contributed by atoms with Gasteiger partial charge < -0.3 is 9.47 Å². The minimum absolute atomic E-state index is 0.456. The fourth-order valence-corrected chi connectivity index (χ4v) is 11.3. The first kappa shape index (κ1) is 38.1. The second-order valence-electron chi connectivity index (χ2n) is 17.0. The van der Waals surface area contributed by atoms with E-state index in [0.717, 1.165) is 50.5 Å². The van der Waals surface area contributed by atoms with Crippen LogP contribution in [-0.4, -0.2) is 13.3 Å². The van der Waals surface area contributed by atoms with E-state index in [-0.39, 0.29) is 0 Å². The second kappa shape index (κ2) is 15.4. The van der Waals surface area contributed by atoms with Crippen molar-refractivity contribution in [3.63, 3.8) is 0 Å². The molecule has 0 unspecified atom stereocenters. The highest BCUT2D eigenvalue weighted by Crippen LogP contribution is 2.56. The van der Waals surface area contributed by atoms with E-state index in [9.17, 15) is 0 Å². The van der Waals surface area contributed by atoms with Gasteiger partial charge in [-0.3, -0.25) is 0 Å². The van der Waals surface area contributed by atoms with E-state index in [2.05, 4.69) is 252 Å². The van der Waals surface area contributed by atoms with Crippen LogP contribution in [0.3, 0.4) is 0 Å². The molecule has 0 spiro atoms. The molecule has 1 aliphatic rings. The first-order valence-electron chi connectivity index (χ1n) is 22.4. The normalized spacial score (nSPS) is 12.7. The number of rotatable bonds is 8. The van der Waals surface area contributed by atoms with Crippen molar-refractivity contribution in [2.75, 3.05) is 4.90 Å². The van der Waals surface area contributed by atoms with Crippen molar-refractivity contribution in [1.29, 1.82) is 0 Å². The zero-order chi connectivity index (χ0) is 43.6. The third-order valence-electron chi connectivity index (χ3n) is 13.6. The predicted octanol–water partition coefficient (Wildman–Crippen LogP) is 16.0. The molecule has 66 heavy (non-hydrogen) atoms. The Balaban J connectivity index is 0.878. The summed E-state index contributed by atoms with van der Waals surface area (Å²) >= 11 is 1.26. The molecule has 5 heteroatoms. The molecule has 0 saturated carbocycles. The van der Waals surface area contributed by atoms with Crippen molar-refractivity contribution in [2.24, 2.45) is 0 Å². The first-order valence-corrected chi connectivity index (χ1v) is 23.1. The highest BCUT2D eigenvalue weighted by molar-refractivity contribution is 7.00. The lowest BCUT2D eigenvalue weighted by Gasteiger charge is -2.34. The molecule has 2 heterocycles. The Morgan fingerprint density at radius 1 is 0.379 bits per heavy atom. The molecule has 1 aliphatic carbocycles. The summed E-state index contributed by atoms with van der Waals surface area (Å²) in [4.78, 5) is 2.30. The average molecular weight is 861 g/mol. The molecule has 13 rings (SSSR count). The fraction of sp³-hybridized carbons (Fsp3) is 0.0164. The van der Waals surface area contributed by atoms with Crippen molar-refractivity contribution in [3.05, 3.63) is 265 Å². The number of para-hydroxylation sites is 3. The zero-order valence-electron chi connectivity index (χ0n) is 35.8. The Bertz CT molecular complexity index is 3660. The summed E-state index contributed by atoms with van der Waals surface area (Å²) in [6, 6.07) is 88.0. The van der Waals surface area contributed by atoms with Crippen molar-refractivity contribution < 1.29 is 0 Å². The maximum atomic E-state index is 4.96. The van der Waals surface area contributed by atoms with E-state index in [4.69, 9.17) is 8.75 Å². The maximum absolute atomic E-state index is 4.96. The van der Waals surface area contributed by atoms with Crippen LogP contribution in [0.2, 0.25) is 0 Å². The van der Waals surface area contributed by atoms with Gasteiger partial charge in [-0.15, -0.1) is 0 Å². The quantitative estimate of drug-likeness (QED) is 0.153. The molecule has 0 saturated heterocycles. The molecule has 0 amide bonds. The summed E-state index contributed by atoms with van der Waals surface area (Å²) < 4.78 is 12.2. The van der Waals surface area contributed by atoms with E-state index in [1.54, 1.807) is 0 Å². The molecule has 10 aromatic carbocycles. The van der Waals surface area contributed by atoms with Crippen LogP contribution in [0.1, 0.15) is 22.3 Å². The van der Waals surface area contributed by atoms with Gasteiger partial charge in [0, 0.05) is 33.4 Å². The number of hydrogen-bond acceptors (Lipinski definition) is 4. The van der Waals surface area contributed by atoms with Crippen LogP contribution in [0.15, 0.2) is 243 Å². The van der Waals surface area contributed by atoms with E-state index >= 15 is 0 Å². The van der Waals surface area contributed by atoms with Gasteiger partial charge in [-0.25, -0.2) is 0 Å². The van der Waals surface area contributed by atoms with Crippen LogP contribution < -0.4 is 4.90 Å².